The van der Waals surface area contributed by atoms with E-state index in [1.165, 1.54) is 11.6 Å². The molecule has 0 atom stereocenters. The zero-order valence-corrected chi connectivity index (χ0v) is 10.8. The Labute approximate surface area is 107 Å². The van der Waals surface area contributed by atoms with Crippen LogP contribution in [0.4, 0.5) is 21.5 Å². The first kappa shape index (κ1) is 12.4. The molecule has 0 fully saturated rings. The molecule has 18 heavy (non-hydrogen) atoms. The highest BCUT2D eigenvalue weighted by atomic mass is 19.1. The average Bonchev–Trinajstić information content (AvgIpc) is 2.28. The van der Waals surface area contributed by atoms with Crippen LogP contribution in [0.3, 0.4) is 0 Å². The van der Waals surface area contributed by atoms with E-state index in [0.29, 0.717) is 5.69 Å². The molecular weight excluding hydrogens is 227 g/mol. The summed E-state index contributed by atoms with van der Waals surface area (Å²) < 4.78 is 13.4. The van der Waals surface area contributed by atoms with Gasteiger partial charge in [-0.05, 0) is 44.0 Å². The minimum atomic E-state index is -0.401. The highest BCUT2D eigenvalue weighted by Crippen LogP contribution is 2.29. The largest absolute Gasteiger partial charge is 0.395 e. The van der Waals surface area contributed by atoms with Crippen molar-refractivity contribution in [2.24, 2.45) is 0 Å². The van der Waals surface area contributed by atoms with Gasteiger partial charge in [0.25, 0.3) is 0 Å². The van der Waals surface area contributed by atoms with Gasteiger partial charge in [0.1, 0.15) is 5.82 Å². The molecule has 0 amide bonds. The van der Waals surface area contributed by atoms with Gasteiger partial charge >= 0.3 is 0 Å². The summed E-state index contributed by atoms with van der Waals surface area (Å²) in [5.41, 5.74) is 10.9. The maximum atomic E-state index is 13.4. The third-order valence-electron chi connectivity index (χ3n) is 2.99. The second-order valence-corrected chi connectivity index (χ2v) is 4.60. The highest BCUT2D eigenvalue weighted by Gasteiger charge is 2.08. The Morgan fingerprint density at radius 3 is 2.28 bits per heavy atom. The number of aryl methyl sites for hydroxylation is 3. The number of benzene rings is 2. The fourth-order valence-corrected chi connectivity index (χ4v) is 2.16. The van der Waals surface area contributed by atoms with Crippen LogP contribution in [0.5, 0.6) is 0 Å². The fourth-order valence-electron chi connectivity index (χ4n) is 2.16. The Bertz CT molecular complexity index is 568. The lowest BCUT2D eigenvalue weighted by molar-refractivity contribution is 0.633. The summed E-state index contributed by atoms with van der Waals surface area (Å²) >= 11 is 0. The van der Waals surface area contributed by atoms with E-state index in [2.05, 4.69) is 24.4 Å². The predicted octanol–water partition coefficient (Wildman–Crippen LogP) is 4.08. The molecular formula is C15H17FN2. The second kappa shape index (κ2) is 4.69. The molecule has 94 valence electrons. The minimum Gasteiger partial charge on any atom is -0.395 e. The number of para-hydroxylation sites is 1. The van der Waals surface area contributed by atoms with Crippen molar-refractivity contribution in [1.82, 2.24) is 0 Å². The monoisotopic (exact) mass is 244 g/mol. The van der Waals surface area contributed by atoms with Crippen LogP contribution in [0.25, 0.3) is 0 Å². The summed E-state index contributed by atoms with van der Waals surface area (Å²) in [5, 5.41) is 3.21. The quantitative estimate of drug-likeness (QED) is 0.781. The third-order valence-corrected chi connectivity index (χ3v) is 2.99. The van der Waals surface area contributed by atoms with E-state index in [-0.39, 0.29) is 5.69 Å². The smallest absolute Gasteiger partial charge is 0.148 e. The van der Waals surface area contributed by atoms with Crippen molar-refractivity contribution in [2.75, 3.05) is 11.1 Å². The fraction of sp³-hybridized carbons (Fsp3) is 0.200. The number of rotatable bonds is 2. The molecule has 3 N–H and O–H groups in total. The molecule has 3 heteroatoms. The number of hydrogen-bond acceptors (Lipinski definition) is 2. The minimum absolute atomic E-state index is 0.150. The summed E-state index contributed by atoms with van der Waals surface area (Å²) in [4.78, 5) is 0. The van der Waals surface area contributed by atoms with E-state index in [4.69, 9.17) is 5.73 Å². The Morgan fingerprint density at radius 2 is 1.67 bits per heavy atom. The molecule has 0 aliphatic carbocycles. The molecule has 0 radical (unpaired) electrons. The van der Waals surface area contributed by atoms with Crippen LogP contribution >= 0.6 is 0 Å². The zero-order valence-electron chi connectivity index (χ0n) is 10.8. The van der Waals surface area contributed by atoms with Gasteiger partial charge in [-0.25, -0.2) is 4.39 Å². The first-order valence-corrected chi connectivity index (χ1v) is 5.88. The lowest BCUT2D eigenvalue weighted by Crippen LogP contribution is -2.01. The number of nitrogens with two attached hydrogens (primary N) is 1. The summed E-state index contributed by atoms with van der Waals surface area (Å²) in [6.45, 7) is 6.11. The van der Waals surface area contributed by atoms with E-state index in [1.807, 2.05) is 13.8 Å². The SMILES string of the molecule is Cc1cc(C)c(Nc2cccc(F)c2N)c(C)c1. The topological polar surface area (TPSA) is 38.0 Å². The maximum absolute atomic E-state index is 13.4. The van der Waals surface area contributed by atoms with Crippen LogP contribution in [-0.4, -0.2) is 0 Å². The van der Waals surface area contributed by atoms with Gasteiger partial charge < -0.3 is 11.1 Å². The van der Waals surface area contributed by atoms with Crippen molar-refractivity contribution in [1.29, 1.82) is 0 Å². The van der Waals surface area contributed by atoms with Crippen LogP contribution < -0.4 is 11.1 Å². The number of nitrogens with one attached hydrogen (secondary N) is 1. The molecule has 0 aliphatic heterocycles. The first-order chi connectivity index (χ1) is 8.49. The van der Waals surface area contributed by atoms with Crippen LogP contribution in [0.1, 0.15) is 16.7 Å². The van der Waals surface area contributed by atoms with Crippen LogP contribution in [0.2, 0.25) is 0 Å². The summed E-state index contributed by atoms with van der Waals surface area (Å²) in [6, 6.07) is 8.95. The second-order valence-electron chi connectivity index (χ2n) is 4.60. The number of halogens is 1. The van der Waals surface area contributed by atoms with E-state index >= 15 is 0 Å². The molecule has 2 rings (SSSR count). The van der Waals surface area contributed by atoms with Gasteiger partial charge in [0, 0.05) is 5.69 Å². The van der Waals surface area contributed by atoms with E-state index in [1.54, 1.807) is 12.1 Å². The molecule has 0 saturated carbocycles. The Kier molecular flexibility index (Phi) is 3.24. The molecule has 0 spiro atoms. The Morgan fingerprint density at radius 1 is 1.06 bits per heavy atom. The number of anilines is 3. The first-order valence-electron chi connectivity index (χ1n) is 5.88. The van der Waals surface area contributed by atoms with Crippen molar-refractivity contribution >= 4 is 17.1 Å². The summed E-state index contributed by atoms with van der Waals surface area (Å²) in [6.07, 6.45) is 0. The van der Waals surface area contributed by atoms with E-state index < -0.39 is 5.82 Å². The molecule has 0 aliphatic rings. The zero-order chi connectivity index (χ0) is 13.3. The highest BCUT2D eigenvalue weighted by molar-refractivity contribution is 5.75. The number of nitrogen functional groups attached to an aromatic ring is 1. The Balaban J connectivity index is 2.43. The molecule has 0 bridgehead atoms. The normalized spacial score (nSPS) is 10.4. The third kappa shape index (κ3) is 2.30. The van der Waals surface area contributed by atoms with Crippen molar-refractivity contribution in [2.45, 2.75) is 20.8 Å². The molecule has 0 aromatic heterocycles. The molecule has 0 saturated heterocycles. The van der Waals surface area contributed by atoms with Gasteiger partial charge in [0.15, 0.2) is 0 Å². The van der Waals surface area contributed by atoms with Crippen molar-refractivity contribution < 1.29 is 4.39 Å². The van der Waals surface area contributed by atoms with Gasteiger partial charge in [-0.2, -0.15) is 0 Å². The molecule has 0 heterocycles. The van der Waals surface area contributed by atoms with Gasteiger partial charge in [-0.1, -0.05) is 23.8 Å². The van der Waals surface area contributed by atoms with Gasteiger partial charge in [0.2, 0.25) is 0 Å². The average molecular weight is 244 g/mol. The van der Waals surface area contributed by atoms with Gasteiger partial charge in [-0.15, -0.1) is 0 Å². The van der Waals surface area contributed by atoms with Crippen LogP contribution in [-0.2, 0) is 0 Å². The standard InChI is InChI=1S/C15H17FN2/c1-9-7-10(2)15(11(3)8-9)18-13-6-4-5-12(16)14(13)17/h4-8,18H,17H2,1-3H3. The van der Waals surface area contributed by atoms with Crippen LogP contribution in [0.15, 0.2) is 30.3 Å². The van der Waals surface area contributed by atoms with Gasteiger partial charge in [-0.3, -0.25) is 0 Å². The van der Waals surface area contributed by atoms with E-state index in [9.17, 15) is 4.39 Å². The van der Waals surface area contributed by atoms with Crippen molar-refractivity contribution in [3.63, 3.8) is 0 Å². The van der Waals surface area contributed by atoms with Crippen molar-refractivity contribution in [3.05, 3.63) is 52.8 Å². The predicted molar refractivity (Wildman–Crippen MR) is 74.7 cm³/mol. The molecule has 2 nitrogen and oxygen atoms in total. The summed E-state index contributed by atoms with van der Waals surface area (Å²) in [5.74, 6) is -0.401. The molecule has 0 unspecified atom stereocenters. The Hall–Kier alpha value is -2.03. The van der Waals surface area contributed by atoms with Crippen molar-refractivity contribution in [3.8, 4) is 0 Å². The number of hydrogen-bond donors (Lipinski definition) is 2. The molecule has 2 aromatic rings. The maximum Gasteiger partial charge on any atom is 0.148 e. The summed E-state index contributed by atoms with van der Waals surface area (Å²) in [7, 11) is 0. The van der Waals surface area contributed by atoms with E-state index in [0.717, 1.165) is 16.8 Å². The lowest BCUT2D eigenvalue weighted by Gasteiger charge is -2.15. The van der Waals surface area contributed by atoms with Crippen LogP contribution in [0, 0.1) is 26.6 Å². The van der Waals surface area contributed by atoms with Gasteiger partial charge in [0.05, 0.1) is 11.4 Å². The lowest BCUT2D eigenvalue weighted by atomic mass is 10.0. The molecule has 2 aromatic carbocycles.